The Morgan fingerprint density at radius 2 is 1.73 bits per heavy atom. The Morgan fingerprint density at radius 1 is 0.955 bits per heavy atom. The van der Waals surface area contributed by atoms with Gasteiger partial charge in [-0.05, 0) is 41.5 Å². The topological polar surface area (TPSA) is 175 Å². The van der Waals surface area contributed by atoms with Gasteiger partial charge < -0.3 is 35.9 Å². The van der Waals surface area contributed by atoms with Crippen molar-refractivity contribution in [3.8, 4) is 0 Å². The van der Waals surface area contributed by atoms with Crippen molar-refractivity contribution in [1.29, 1.82) is 0 Å². The summed E-state index contributed by atoms with van der Waals surface area (Å²) < 4.78 is 15.7. The summed E-state index contributed by atoms with van der Waals surface area (Å²) in [6, 6.07) is 16.0. The number of rotatable bonds is 15. The number of amides is 4. The number of benzene rings is 2. The number of fused-ring (bicyclic) bond motifs is 2. The van der Waals surface area contributed by atoms with Crippen LogP contribution in [-0.2, 0) is 40.0 Å². The normalized spacial score (nSPS) is 15.4. The molecule has 0 bridgehead atoms. The molecule has 0 radical (unpaired) electrons. The number of alkyl carbamates (subject to hydrolysis) is 1. The van der Waals surface area contributed by atoms with Crippen LogP contribution in [0, 0.1) is 0 Å². The van der Waals surface area contributed by atoms with Gasteiger partial charge >= 0.3 is 12.1 Å². The van der Waals surface area contributed by atoms with Gasteiger partial charge in [-0.2, -0.15) is 0 Å². The van der Waals surface area contributed by atoms with Crippen molar-refractivity contribution in [2.45, 2.75) is 44.2 Å². The molecule has 2 atom stereocenters. The van der Waals surface area contributed by atoms with Crippen molar-refractivity contribution >= 4 is 35.4 Å². The Labute approximate surface area is 255 Å². The molecule has 0 fully saturated rings. The molecule has 2 aromatic rings. The van der Waals surface area contributed by atoms with Crippen molar-refractivity contribution in [2.24, 2.45) is 5.73 Å². The number of ether oxygens (including phenoxy) is 3. The van der Waals surface area contributed by atoms with Crippen LogP contribution in [0.4, 0.5) is 4.79 Å². The zero-order chi connectivity index (χ0) is 31.3. The average molecular weight is 605 g/mol. The summed E-state index contributed by atoms with van der Waals surface area (Å²) in [5.74, 6) is -2.67. The standard InChI is InChI=1S/C32H36N4O8/c33-28(37)15-14-27(31(40)35-20-42-19-30(39)43-17-21-8-2-1-3-9-21)36-29(38)16-34-32(41)44-18-26-24-12-6-4-10-22(24)23-11-5-7-13-25(23)26/h1-6,8-12,26-27H,7,13-20H2,(H2,33,37)(H,34,41)(H,35,40)(H,36,38)/t26?,27-/m0/s1. The van der Waals surface area contributed by atoms with Gasteiger partial charge in [0.1, 0.15) is 39.1 Å². The SMILES string of the molecule is NC(=O)CC[C@H](NC(=O)CNC(=O)OCC1C2=C(C=CCC2)c2ccccc21)C(=O)NCOCC(=O)OCc1ccccc1. The van der Waals surface area contributed by atoms with Gasteiger partial charge in [-0.3, -0.25) is 14.4 Å². The summed E-state index contributed by atoms with van der Waals surface area (Å²) in [4.78, 5) is 60.8. The number of nitrogens with one attached hydrogen (secondary N) is 3. The van der Waals surface area contributed by atoms with Crippen molar-refractivity contribution in [3.63, 3.8) is 0 Å². The van der Waals surface area contributed by atoms with E-state index in [1.165, 1.54) is 11.1 Å². The third-order valence-electron chi connectivity index (χ3n) is 7.17. The highest BCUT2D eigenvalue weighted by atomic mass is 16.6. The predicted octanol–water partition coefficient (Wildman–Crippen LogP) is 2.20. The first kappa shape index (κ1) is 32.0. The lowest BCUT2D eigenvalue weighted by Gasteiger charge is -2.19. The molecule has 5 N–H and O–H groups in total. The number of allylic oxidation sites excluding steroid dienone is 3. The largest absolute Gasteiger partial charge is 0.459 e. The minimum absolute atomic E-state index is 0.0551. The Morgan fingerprint density at radius 3 is 2.52 bits per heavy atom. The molecule has 2 aromatic carbocycles. The molecule has 0 saturated carbocycles. The van der Waals surface area contributed by atoms with Crippen molar-refractivity contribution < 1.29 is 38.2 Å². The third kappa shape index (κ3) is 9.27. The fraction of sp³-hybridized carbons (Fsp3) is 0.344. The fourth-order valence-electron chi connectivity index (χ4n) is 5.05. The lowest BCUT2D eigenvalue weighted by atomic mass is 9.91. The van der Waals surface area contributed by atoms with Gasteiger partial charge in [-0.1, -0.05) is 72.3 Å². The zero-order valence-electron chi connectivity index (χ0n) is 24.2. The molecule has 1 unspecified atom stereocenters. The Kier molecular flexibility index (Phi) is 11.6. The monoisotopic (exact) mass is 604 g/mol. The van der Waals surface area contributed by atoms with Crippen LogP contribution >= 0.6 is 0 Å². The number of hydrogen-bond donors (Lipinski definition) is 4. The van der Waals surface area contributed by atoms with Crippen LogP contribution in [-0.4, -0.2) is 62.3 Å². The summed E-state index contributed by atoms with van der Waals surface area (Å²) >= 11 is 0. The number of carbonyl (C=O) groups is 5. The van der Waals surface area contributed by atoms with E-state index in [2.05, 4.69) is 34.2 Å². The number of esters is 1. The van der Waals surface area contributed by atoms with Crippen LogP contribution in [0.2, 0.25) is 0 Å². The number of primary amides is 1. The number of carbonyl (C=O) groups excluding carboxylic acids is 5. The van der Waals surface area contributed by atoms with Crippen LogP contribution in [0.3, 0.4) is 0 Å². The maximum atomic E-state index is 12.7. The van der Waals surface area contributed by atoms with E-state index in [9.17, 15) is 24.0 Å². The van der Waals surface area contributed by atoms with Crippen molar-refractivity contribution in [1.82, 2.24) is 16.0 Å². The highest BCUT2D eigenvalue weighted by Crippen LogP contribution is 2.46. The number of hydrogen-bond acceptors (Lipinski definition) is 8. The van der Waals surface area contributed by atoms with Crippen LogP contribution in [0.1, 0.15) is 48.3 Å². The summed E-state index contributed by atoms with van der Waals surface area (Å²) in [5, 5.41) is 7.30. The molecular weight excluding hydrogens is 568 g/mol. The van der Waals surface area contributed by atoms with Gasteiger partial charge in [-0.25, -0.2) is 9.59 Å². The lowest BCUT2D eigenvalue weighted by molar-refractivity contribution is -0.151. The Bertz CT molecular complexity index is 1420. The Balaban J connectivity index is 1.18. The van der Waals surface area contributed by atoms with E-state index in [1.807, 2.05) is 48.5 Å². The van der Waals surface area contributed by atoms with Gasteiger partial charge in [0.2, 0.25) is 17.7 Å². The smallest absolute Gasteiger partial charge is 0.407 e. The minimum Gasteiger partial charge on any atom is -0.459 e. The molecule has 0 heterocycles. The predicted molar refractivity (Wildman–Crippen MR) is 159 cm³/mol. The van der Waals surface area contributed by atoms with Gasteiger partial charge in [0.25, 0.3) is 0 Å². The second kappa shape index (κ2) is 16.0. The van der Waals surface area contributed by atoms with E-state index in [4.69, 9.17) is 19.9 Å². The van der Waals surface area contributed by atoms with E-state index < -0.39 is 49.0 Å². The van der Waals surface area contributed by atoms with E-state index in [0.717, 1.165) is 29.5 Å². The molecule has 0 spiro atoms. The Hall–Kier alpha value is -4.97. The highest BCUT2D eigenvalue weighted by Gasteiger charge is 2.31. The van der Waals surface area contributed by atoms with Gasteiger partial charge in [0, 0.05) is 12.3 Å². The zero-order valence-corrected chi connectivity index (χ0v) is 24.2. The van der Waals surface area contributed by atoms with Gasteiger partial charge in [0.15, 0.2) is 0 Å². The molecule has 2 aliphatic carbocycles. The van der Waals surface area contributed by atoms with Crippen molar-refractivity contribution in [2.75, 3.05) is 26.5 Å². The maximum absolute atomic E-state index is 12.7. The van der Waals surface area contributed by atoms with E-state index >= 15 is 0 Å². The van der Waals surface area contributed by atoms with Gasteiger partial charge in [-0.15, -0.1) is 0 Å². The second-order valence-corrected chi connectivity index (χ2v) is 10.3. The summed E-state index contributed by atoms with van der Waals surface area (Å²) in [6.07, 6.45) is 5.03. The van der Waals surface area contributed by atoms with Crippen molar-refractivity contribution in [3.05, 3.63) is 89.0 Å². The van der Waals surface area contributed by atoms with Crippen LogP contribution in [0.15, 0.2) is 72.3 Å². The highest BCUT2D eigenvalue weighted by molar-refractivity contribution is 5.90. The first-order valence-corrected chi connectivity index (χ1v) is 14.3. The fourth-order valence-corrected chi connectivity index (χ4v) is 5.05. The average Bonchev–Trinajstić information content (AvgIpc) is 3.35. The second-order valence-electron chi connectivity index (χ2n) is 10.3. The molecule has 0 aromatic heterocycles. The summed E-state index contributed by atoms with van der Waals surface area (Å²) in [7, 11) is 0. The maximum Gasteiger partial charge on any atom is 0.407 e. The van der Waals surface area contributed by atoms with Gasteiger partial charge in [0.05, 0.1) is 0 Å². The molecule has 44 heavy (non-hydrogen) atoms. The summed E-state index contributed by atoms with van der Waals surface area (Å²) in [6.45, 7) is -0.991. The van der Waals surface area contributed by atoms with E-state index in [-0.39, 0.29) is 38.7 Å². The van der Waals surface area contributed by atoms with E-state index in [0.29, 0.717) is 0 Å². The minimum atomic E-state index is -1.14. The molecule has 12 heteroatoms. The van der Waals surface area contributed by atoms with E-state index in [1.54, 1.807) is 0 Å². The molecule has 12 nitrogen and oxygen atoms in total. The first-order valence-electron chi connectivity index (χ1n) is 14.3. The molecular formula is C32H36N4O8. The molecule has 0 saturated heterocycles. The van der Waals surface area contributed by atoms with Crippen LogP contribution in [0.25, 0.3) is 5.57 Å². The van der Waals surface area contributed by atoms with Crippen LogP contribution in [0.5, 0.6) is 0 Å². The molecule has 232 valence electrons. The quantitative estimate of drug-likeness (QED) is 0.136. The molecule has 2 aliphatic rings. The lowest BCUT2D eigenvalue weighted by Crippen LogP contribution is -2.50. The number of nitrogens with two attached hydrogens (primary N) is 1. The third-order valence-corrected chi connectivity index (χ3v) is 7.17. The van der Waals surface area contributed by atoms with Crippen LogP contribution < -0.4 is 21.7 Å². The molecule has 4 rings (SSSR count). The summed E-state index contributed by atoms with van der Waals surface area (Å²) in [5.41, 5.74) is 10.7. The molecule has 4 amide bonds. The first-order chi connectivity index (χ1) is 21.3. The molecule has 0 aliphatic heterocycles.